The molecule has 1 atom stereocenters. The van der Waals surface area contributed by atoms with Gasteiger partial charge in [0.05, 0.1) is 22.3 Å². The van der Waals surface area contributed by atoms with E-state index in [9.17, 15) is 0 Å². The van der Waals surface area contributed by atoms with Crippen molar-refractivity contribution in [2.45, 2.75) is 33.4 Å². The molecule has 1 heterocycles. The fraction of sp³-hybridized carbons (Fsp3) is 0.400. The molecular formula is C15H19BrN2OS. The second kappa shape index (κ2) is 6.70. The Kier molecular flexibility index (Phi) is 5.18. The van der Waals surface area contributed by atoms with Gasteiger partial charge in [0.25, 0.3) is 0 Å². The molecule has 2 aromatic rings. The van der Waals surface area contributed by atoms with Crippen LogP contribution in [0.15, 0.2) is 22.7 Å². The van der Waals surface area contributed by atoms with E-state index in [-0.39, 0.29) is 0 Å². The number of benzene rings is 1. The summed E-state index contributed by atoms with van der Waals surface area (Å²) in [6, 6.07) is 6.45. The van der Waals surface area contributed by atoms with Crippen LogP contribution in [0, 0.1) is 13.8 Å². The molecule has 0 aliphatic rings. The number of aromatic nitrogens is 1. The van der Waals surface area contributed by atoms with Gasteiger partial charge >= 0.3 is 0 Å². The highest BCUT2D eigenvalue weighted by Gasteiger charge is 2.12. The molecule has 20 heavy (non-hydrogen) atoms. The molecule has 0 spiro atoms. The highest BCUT2D eigenvalue weighted by atomic mass is 79.9. The summed E-state index contributed by atoms with van der Waals surface area (Å²) < 4.78 is 6.22. The van der Waals surface area contributed by atoms with Crippen LogP contribution in [-0.2, 0) is 6.54 Å². The van der Waals surface area contributed by atoms with Gasteiger partial charge in [0.1, 0.15) is 5.75 Å². The molecule has 0 fully saturated rings. The normalized spacial score (nSPS) is 12.4. The minimum atomic E-state index is 0.307. The van der Waals surface area contributed by atoms with Crippen molar-refractivity contribution >= 4 is 27.3 Å². The zero-order chi connectivity index (χ0) is 14.7. The maximum absolute atomic E-state index is 5.24. The van der Waals surface area contributed by atoms with E-state index in [0.717, 1.165) is 27.5 Å². The summed E-state index contributed by atoms with van der Waals surface area (Å²) in [5.74, 6) is 0.857. The molecule has 1 unspecified atom stereocenters. The van der Waals surface area contributed by atoms with Crippen molar-refractivity contribution in [1.29, 1.82) is 0 Å². The lowest BCUT2D eigenvalue weighted by molar-refractivity contribution is 0.412. The minimum Gasteiger partial charge on any atom is -0.496 e. The van der Waals surface area contributed by atoms with Gasteiger partial charge < -0.3 is 10.1 Å². The van der Waals surface area contributed by atoms with Gasteiger partial charge in [-0.2, -0.15) is 0 Å². The largest absolute Gasteiger partial charge is 0.496 e. The Morgan fingerprint density at radius 1 is 1.40 bits per heavy atom. The summed E-state index contributed by atoms with van der Waals surface area (Å²) in [6.07, 6.45) is 0. The van der Waals surface area contributed by atoms with E-state index in [4.69, 9.17) is 4.74 Å². The molecular weight excluding hydrogens is 336 g/mol. The molecule has 108 valence electrons. The first-order valence-corrected chi connectivity index (χ1v) is 8.12. The van der Waals surface area contributed by atoms with Gasteiger partial charge in [0.2, 0.25) is 0 Å². The molecule has 3 nitrogen and oxygen atoms in total. The molecule has 5 heteroatoms. The topological polar surface area (TPSA) is 34.1 Å². The first-order chi connectivity index (χ1) is 9.51. The zero-order valence-corrected chi connectivity index (χ0v) is 14.6. The summed E-state index contributed by atoms with van der Waals surface area (Å²) in [4.78, 5) is 5.79. The fourth-order valence-corrected chi connectivity index (χ4v) is 3.67. The number of ether oxygens (including phenoxy) is 1. The number of rotatable bonds is 5. The molecule has 0 saturated heterocycles. The SMILES string of the molecule is COc1ccc(CNC(C)c2sc(C)nc2C)cc1Br. The van der Waals surface area contributed by atoms with Gasteiger partial charge in [-0.05, 0) is 54.4 Å². The van der Waals surface area contributed by atoms with Crippen molar-refractivity contribution in [2.24, 2.45) is 0 Å². The highest BCUT2D eigenvalue weighted by molar-refractivity contribution is 9.10. The Morgan fingerprint density at radius 2 is 2.15 bits per heavy atom. The minimum absolute atomic E-state index is 0.307. The summed E-state index contributed by atoms with van der Waals surface area (Å²) in [7, 11) is 1.68. The van der Waals surface area contributed by atoms with Gasteiger partial charge in [-0.15, -0.1) is 11.3 Å². The van der Waals surface area contributed by atoms with Crippen LogP contribution in [0.25, 0.3) is 0 Å². The monoisotopic (exact) mass is 354 g/mol. The third kappa shape index (κ3) is 3.59. The first-order valence-electron chi connectivity index (χ1n) is 6.51. The summed E-state index contributed by atoms with van der Waals surface area (Å²) >= 11 is 5.28. The molecule has 0 radical (unpaired) electrons. The van der Waals surface area contributed by atoms with Gasteiger partial charge in [-0.1, -0.05) is 6.07 Å². The van der Waals surface area contributed by atoms with Crippen LogP contribution in [0.4, 0.5) is 0 Å². The Balaban J connectivity index is 2.01. The number of nitrogens with zero attached hydrogens (tertiary/aromatic N) is 1. The van der Waals surface area contributed by atoms with Crippen molar-refractivity contribution in [3.05, 3.63) is 43.8 Å². The van der Waals surface area contributed by atoms with Crippen LogP contribution < -0.4 is 10.1 Å². The molecule has 1 aromatic heterocycles. The Hall–Kier alpha value is -0.910. The zero-order valence-electron chi connectivity index (χ0n) is 12.2. The van der Waals surface area contributed by atoms with Crippen molar-refractivity contribution < 1.29 is 4.74 Å². The van der Waals surface area contributed by atoms with E-state index < -0.39 is 0 Å². The van der Waals surface area contributed by atoms with Crippen LogP contribution in [0.5, 0.6) is 5.75 Å². The molecule has 0 amide bonds. The second-order valence-electron chi connectivity index (χ2n) is 4.75. The lowest BCUT2D eigenvalue weighted by atomic mass is 10.2. The number of thiazole rings is 1. The van der Waals surface area contributed by atoms with E-state index in [1.165, 1.54) is 10.4 Å². The standard InChI is InChI=1S/C15H19BrN2OS/c1-9(15-10(2)18-11(3)20-15)17-8-12-5-6-14(19-4)13(16)7-12/h5-7,9,17H,8H2,1-4H3. The Morgan fingerprint density at radius 3 is 2.70 bits per heavy atom. The van der Waals surface area contributed by atoms with E-state index in [0.29, 0.717) is 6.04 Å². The maximum Gasteiger partial charge on any atom is 0.133 e. The summed E-state index contributed by atoms with van der Waals surface area (Å²) in [5.41, 5.74) is 2.35. The average Bonchev–Trinajstić information content (AvgIpc) is 2.75. The predicted molar refractivity (Wildman–Crippen MR) is 87.5 cm³/mol. The van der Waals surface area contributed by atoms with Crippen LogP contribution >= 0.6 is 27.3 Å². The second-order valence-corrected chi connectivity index (χ2v) is 6.84. The highest BCUT2D eigenvalue weighted by Crippen LogP contribution is 2.27. The Bertz CT molecular complexity index is 598. The number of hydrogen-bond acceptors (Lipinski definition) is 4. The maximum atomic E-state index is 5.24. The number of nitrogens with one attached hydrogen (secondary N) is 1. The third-order valence-corrected chi connectivity index (χ3v) is 5.04. The summed E-state index contributed by atoms with van der Waals surface area (Å²) in [5, 5.41) is 4.67. The van der Waals surface area contributed by atoms with Crippen molar-refractivity contribution in [1.82, 2.24) is 10.3 Å². The van der Waals surface area contributed by atoms with Crippen molar-refractivity contribution in [2.75, 3.05) is 7.11 Å². The molecule has 2 rings (SSSR count). The number of halogens is 1. The smallest absolute Gasteiger partial charge is 0.133 e. The molecule has 1 aromatic carbocycles. The van der Waals surface area contributed by atoms with Crippen LogP contribution in [0.2, 0.25) is 0 Å². The van der Waals surface area contributed by atoms with E-state index >= 15 is 0 Å². The first kappa shape index (κ1) is 15.5. The van der Waals surface area contributed by atoms with E-state index in [1.807, 2.05) is 6.07 Å². The fourth-order valence-electron chi connectivity index (χ4n) is 2.13. The lowest BCUT2D eigenvalue weighted by Gasteiger charge is -2.13. The van der Waals surface area contributed by atoms with E-state index in [1.54, 1.807) is 18.4 Å². The Labute approximate surface area is 132 Å². The molecule has 0 aliphatic heterocycles. The number of hydrogen-bond donors (Lipinski definition) is 1. The predicted octanol–water partition coefficient (Wildman–Crippen LogP) is 4.38. The molecule has 1 N–H and O–H groups in total. The van der Waals surface area contributed by atoms with Gasteiger partial charge in [0.15, 0.2) is 0 Å². The average molecular weight is 355 g/mol. The van der Waals surface area contributed by atoms with E-state index in [2.05, 4.69) is 59.1 Å². The lowest BCUT2D eigenvalue weighted by Crippen LogP contribution is -2.17. The third-order valence-electron chi connectivity index (χ3n) is 3.16. The van der Waals surface area contributed by atoms with Crippen LogP contribution in [0.1, 0.15) is 34.1 Å². The molecule has 0 saturated carbocycles. The number of methoxy groups -OCH3 is 1. The van der Waals surface area contributed by atoms with Crippen LogP contribution in [-0.4, -0.2) is 12.1 Å². The summed E-state index contributed by atoms with van der Waals surface area (Å²) in [6.45, 7) is 7.12. The van der Waals surface area contributed by atoms with Crippen molar-refractivity contribution in [3.63, 3.8) is 0 Å². The van der Waals surface area contributed by atoms with Gasteiger partial charge in [-0.25, -0.2) is 4.98 Å². The van der Waals surface area contributed by atoms with Gasteiger partial charge in [-0.3, -0.25) is 0 Å². The molecule has 0 aliphatic carbocycles. The number of aryl methyl sites for hydroxylation is 2. The van der Waals surface area contributed by atoms with Crippen LogP contribution in [0.3, 0.4) is 0 Å². The van der Waals surface area contributed by atoms with Crippen molar-refractivity contribution in [3.8, 4) is 5.75 Å². The van der Waals surface area contributed by atoms with Gasteiger partial charge in [0, 0.05) is 17.5 Å². The molecule has 0 bridgehead atoms. The quantitative estimate of drug-likeness (QED) is 0.864.